The smallest absolute Gasteiger partial charge is 0.457 e. The number of hydrogen-bond acceptors (Lipinski definition) is 8. The molecule has 1 fully saturated rings. The van der Waals surface area contributed by atoms with Crippen molar-refractivity contribution < 1.29 is 54.9 Å². The van der Waals surface area contributed by atoms with Crippen molar-refractivity contribution in [3.63, 3.8) is 0 Å². The molecule has 17 heteroatoms. The van der Waals surface area contributed by atoms with Gasteiger partial charge in [-0.1, -0.05) is 6.42 Å². The fourth-order valence-electron chi connectivity index (χ4n) is 5.07. The van der Waals surface area contributed by atoms with Crippen LogP contribution in [0.5, 0.6) is 0 Å². The Hall–Kier alpha value is -3.53. The zero-order valence-electron chi connectivity index (χ0n) is 23.3. The van der Waals surface area contributed by atoms with Crippen molar-refractivity contribution in [2.45, 2.75) is 76.4 Å². The Labute approximate surface area is 254 Å². The van der Waals surface area contributed by atoms with Crippen molar-refractivity contribution in [1.29, 1.82) is 0 Å². The number of carbonyl (C=O) groups excluding carboxylic acids is 3. The van der Waals surface area contributed by atoms with Crippen molar-refractivity contribution in [3.8, 4) is 0 Å². The van der Waals surface area contributed by atoms with Crippen LogP contribution < -0.4 is 5.73 Å². The van der Waals surface area contributed by atoms with Crippen LogP contribution in [0.15, 0.2) is 12.1 Å². The second kappa shape index (κ2) is 15.0. The van der Waals surface area contributed by atoms with Crippen LogP contribution in [0.25, 0.3) is 0 Å². The molecule has 0 radical (unpaired) electrons. The first-order valence-electron chi connectivity index (χ1n) is 13.7. The van der Waals surface area contributed by atoms with Gasteiger partial charge in [0.1, 0.15) is 25.1 Å². The summed E-state index contributed by atoms with van der Waals surface area (Å²) < 4.78 is 97.5. The summed E-state index contributed by atoms with van der Waals surface area (Å²) in [5.74, 6) is -6.90. The van der Waals surface area contributed by atoms with E-state index in [-0.39, 0.29) is 49.3 Å². The summed E-state index contributed by atoms with van der Waals surface area (Å²) in [7, 11) is 0. The number of alkyl halides is 3. The van der Waals surface area contributed by atoms with Crippen LogP contribution in [0, 0.1) is 17.5 Å². The van der Waals surface area contributed by atoms with Crippen molar-refractivity contribution >= 4 is 30.4 Å². The number of carbonyl (C=O) groups is 3. The van der Waals surface area contributed by atoms with Crippen molar-refractivity contribution in [2.24, 2.45) is 5.73 Å². The summed E-state index contributed by atoms with van der Waals surface area (Å²) in [5.41, 5.74) is 4.79. The van der Waals surface area contributed by atoms with Gasteiger partial charge in [-0.2, -0.15) is 13.2 Å². The number of halogens is 7. The Morgan fingerprint density at radius 2 is 1.64 bits per heavy atom. The molecule has 1 saturated carbocycles. The van der Waals surface area contributed by atoms with E-state index >= 15 is 0 Å². The van der Waals surface area contributed by atoms with Crippen LogP contribution in [0.1, 0.15) is 66.1 Å². The van der Waals surface area contributed by atoms with Crippen LogP contribution in [-0.4, -0.2) is 64.4 Å². The first-order valence-corrected chi connectivity index (χ1v) is 13.7. The number of aromatic nitrogens is 2. The number of rotatable bonds is 9. The molecular formula is C27H31ClF6N4O6. The summed E-state index contributed by atoms with van der Waals surface area (Å²) in [6.45, 7) is -1.85. The van der Waals surface area contributed by atoms with E-state index in [1.807, 2.05) is 0 Å². The minimum atomic E-state index is -4.91. The van der Waals surface area contributed by atoms with Gasteiger partial charge in [0, 0.05) is 31.6 Å². The van der Waals surface area contributed by atoms with Crippen LogP contribution >= 0.6 is 12.4 Å². The normalized spacial score (nSPS) is 16.0. The largest absolute Gasteiger partial charge is 0.508 e. The zero-order valence-corrected chi connectivity index (χ0v) is 24.2. The number of amides is 1. The van der Waals surface area contributed by atoms with Gasteiger partial charge in [0.2, 0.25) is 11.7 Å². The van der Waals surface area contributed by atoms with Gasteiger partial charge >= 0.3 is 18.3 Å². The molecule has 0 bridgehead atoms. The number of ether oxygens (including phenoxy) is 3. The van der Waals surface area contributed by atoms with E-state index in [0.717, 1.165) is 41.6 Å². The van der Waals surface area contributed by atoms with Crippen molar-refractivity contribution in [1.82, 2.24) is 14.5 Å². The van der Waals surface area contributed by atoms with E-state index < -0.39 is 85.4 Å². The number of hydrogen-bond donors (Lipinski definition) is 1. The number of fused-ring (bicyclic) bond motifs is 1. The van der Waals surface area contributed by atoms with E-state index in [2.05, 4.69) is 4.98 Å². The molecule has 1 aliphatic heterocycles. The second-order valence-corrected chi connectivity index (χ2v) is 10.3. The molecule has 10 nitrogen and oxygen atoms in total. The number of imidazole rings is 1. The lowest BCUT2D eigenvalue weighted by atomic mass is 9.98. The highest BCUT2D eigenvalue weighted by molar-refractivity contribution is 5.89. The molecule has 1 atom stereocenters. The minimum absolute atomic E-state index is 0. The Balaban J connectivity index is 0.00000529. The second-order valence-electron chi connectivity index (χ2n) is 10.3. The molecule has 0 unspecified atom stereocenters. The molecule has 4 rings (SSSR count). The van der Waals surface area contributed by atoms with Gasteiger partial charge in [-0.25, -0.2) is 27.7 Å². The molecule has 1 aromatic heterocycles. The molecule has 1 aromatic carbocycles. The molecule has 1 amide bonds. The molecule has 2 aromatic rings. The van der Waals surface area contributed by atoms with E-state index in [1.54, 1.807) is 0 Å². The maximum absolute atomic E-state index is 14.0. The summed E-state index contributed by atoms with van der Waals surface area (Å²) >= 11 is 0. The van der Waals surface area contributed by atoms with Gasteiger partial charge in [0.25, 0.3) is 0 Å². The van der Waals surface area contributed by atoms with Gasteiger partial charge in [-0.3, -0.25) is 4.79 Å². The predicted molar refractivity (Wildman–Crippen MR) is 142 cm³/mol. The third kappa shape index (κ3) is 8.77. The van der Waals surface area contributed by atoms with Gasteiger partial charge < -0.3 is 29.4 Å². The highest BCUT2D eigenvalue weighted by Gasteiger charge is 2.42. The highest BCUT2D eigenvalue weighted by Crippen LogP contribution is 2.33. The fraction of sp³-hybridized carbons (Fsp3) is 0.556. The SMILES string of the molecule is Cl.N[C@@H](CC(=O)N1CCn2c(C(F)(F)F)nc(C(=O)OCCOC(=O)OC3CCCCC3)c2C1)Cc1cc(F)c(F)cc1F. The van der Waals surface area contributed by atoms with E-state index in [1.165, 1.54) is 0 Å². The number of esters is 1. The van der Waals surface area contributed by atoms with E-state index in [0.29, 0.717) is 12.1 Å². The fourth-order valence-corrected chi connectivity index (χ4v) is 5.07. The first-order chi connectivity index (χ1) is 20.3. The summed E-state index contributed by atoms with van der Waals surface area (Å²) in [6.07, 6.45) is -2.48. The number of benzene rings is 1. The van der Waals surface area contributed by atoms with Gasteiger partial charge in [-0.15, -0.1) is 12.4 Å². The number of nitrogens with two attached hydrogens (primary N) is 1. The topological polar surface area (TPSA) is 126 Å². The van der Waals surface area contributed by atoms with Crippen LogP contribution in [0.4, 0.5) is 31.1 Å². The third-order valence-corrected chi connectivity index (χ3v) is 7.17. The third-order valence-electron chi connectivity index (χ3n) is 7.17. The molecule has 0 saturated heterocycles. The summed E-state index contributed by atoms with van der Waals surface area (Å²) in [6, 6.07) is -0.0341. The minimum Gasteiger partial charge on any atom is -0.457 e. The molecule has 2 N–H and O–H groups in total. The average Bonchev–Trinajstić information content (AvgIpc) is 3.34. The van der Waals surface area contributed by atoms with Gasteiger partial charge in [0.05, 0.1) is 12.2 Å². The van der Waals surface area contributed by atoms with Crippen molar-refractivity contribution in [2.75, 3.05) is 19.8 Å². The molecule has 244 valence electrons. The molecular weight excluding hydrogens is 626 g/mol. The number of nitrogens with zero attached hydrogens (tertiary/aromatic N) is 3. The van der Waals surface area contributed by atoms with Gasteiger partial charge in [0.15, 0.2) is 17.3 Å². The lowest BCUT2D eigenvalue weighted by Crippen LogP contribution is -2.42. The first kappa shape index (κ1) is 35.0. The van der Waals surface area contributed by atoms with Crippen LogP contribution in [-0.2, 0) is 44.7 Å². The van der Waals surface area contributed by atoms with Crippen LogP contribution in [0.3, 0.4) is 0 Å². The predicted octanol–water partition coefficient (Wildman–Crippen LogP) is 4.69. The maximum Gasteiger partial charge on any atom is 0.508 e. The molecule has 2 aliphatic rings. The van der Waals surface area contributed by atoms with Crippen molar-refractivity contribution in [3.05, 3.63) is 52.4 Å². The Bertz CT molecular complexity index is 1350. The summed E-state index contributed by atoms with van der Waals surface area (Å²) in [5, 5.41) is 0. The Morgan fingerprint density at radius 1 is 0.977 bits per heavy atom. The Morgan fingerprint density at radius 3 is 2.32 bits per heavy atom. The maximum atomic E-state index is 14.0. The van der Waals surface area contributed by atoms with E-state index in [9.17, 15) is 40.7 Å². The lowest BCUT2D eigenvalue weighted by molar-refractivity contribution is -0.148. The quantitative estimate of drug-likeness (QED) is 0.178. The lowest BCUT2D eigenvalue weighted by Gasteiger charge is -2.30. The summed E-state index contributed by atoms with van der Waals surface area (Å²) in [4.78, 5) is 42.0. The van der Waals surface area contributed by atoms with Gasteiger partial charge in [-0.05, 0) is 43.7 Å². The molecule has 0 spiro atoms. The standard InChI is InChI=1S/C27H30F6N4O6.ClH/c28-18-13-20(30)19(29)11-15(18)10-16(34)12-22(38)36-6-7-37-21(14-36)23(35-25(37)27(31,32)33)24(39)41-8-9-42-26(40)43-17-4-2-1-3-5-17;/h11,13,16-17H,1-10,12,14,34H2;1H/t16-;/m1./s1. The molecule has 1 aliphatic carbocycles. The highest BCUT2D eigenvalue weighted by atomic mass is 35.5. The molecule has 44 heavy (non-hydrogen) atoms. The zero-order chi connectivity index (χ0) is 31.3. The molecule has 2 heterocycles. The van der Waals surface area contributed by atoms with Crippen LogP contribution in [0.2, 0.25) is 0 Å². The monoisotopic (exact) mass is 656 g/mol. The van der Waals surface area contributed by atoms with E-state index in [4.69, 9.17) is 19.9 Å². The average molecular weight is 657 g/mol. The Kier molecular flexibility index (Phi) is 11.9.